The van der Waals surface area contributed by atoms with Crippen LogP contribution in [0.1, 0.15) is 35.3 Å². The maximum absolute atomic E-state index is 12.7. The second-order valence-electron chi connectivity index (χ2n) is 5.84. The van der Waals surface area contributed by atoms with E-state index >= 15 is 0 Å². The predicted octanol–water partition coefficient (Wildman–Crippen LogP) is 3.72. The molecule has 0 atom stereocenters. The molecule has 0 unspecified atom stereocenters. The highest BCUT2D eigenvalue weighted by Gasteiger charge is 2.23. The van der Waals surface area contributed by atoms with E-state index in [1.54, 1.807) is 19.9 Å². The monoisotopic (exact) mass is 438 g/mol. The highest BCUT2D eigenvalue weighted by molar-refractivity contribution is 9.10. The van der Waals surface area contributed by atoms with Gasteiger partial charge in [0.2, 0.25) is 10.0 Å². The van der Waals surface area contributed by atoms with E-state index in [1.165, 1.54) is 16.4 Å². The van der Waals surface area contributed by atoms with Gasteiger partial charge in [-0.1, -0.05) is 38.1 Å². The Morgan fingerprint density at radius 2 is 1.77 bits per heavy atom. The van der Waals surface area contributed by atoms with Gasteiger partial charge in [-0.25, -0.2) is 8.42 Å². The number of hydrogen-bond donors (Lipinski definition) is 1. The fraction of sp³-hybridized carbons (Fsp3) is 0.316. The molecule has 0 saturated heterocycles. The highest BCUT2D eigenvalue weighted by Crippen LogP contribution is 2.23. The van der Waals surface area contributed by atoms with Crippen molar-refractivity contribution < 1.29 is 13.2 Å². The van der Waals surface area contributed by atoms with Gasteiger partial charge < -0.3 is 5.32 Å². The van der Waals surface area contributed by atoms with Crippen LogP contribution in [-0.4, -0.2) is 31.7 Å². The first-order valence-corrected chi connectivity index (χ1v) is 10.7. The topological polar surface area (TPSA) is 66.5 Å². The molecular weight excluding hydrogens is 416 g/mol. The van der Waals surface area contributed by atoms with E-state index in [1.807, 2.05) is 31.2 Å². The fourth-order valence-electron chi connectivity index (χ4n) is 2.63. The number of rotatable bonds is 7. The van der Waals surface area contributed by atoms with Crippen LogP contribution in [0.2, 0.25) is 0 Å². The van der Waals surface area contributed by atoms with Gasteiger partial charge in [0.05, 0.1) is 10.5 Å². The number of nitrogens with zero attached hydrogens (tertiary/aromatic N) is 1. The molecule has 0 aromatic heterocycles. The van der Waals surface area contributed by atoms with Gasteiger partial charge in [0.25, 0.3) is 5.91 Å². The van der Waals surface area contributed by atoms with Crippen molar-refractivity contribution in [2.24, 2.45) is 0 Å². The number of carbonyl (C=O) groups excluding carboxylic acids is 1. The molecule has 0 aliphatic rings. The summed E-state index contributed by atoms with van der Waals surface area (Å²) in [5.74, 6) is -0.322. The number of benzene rings is 2. The third kappa shape index (κ3) is 4.52. The lowest BCUT2D eigenvalue weighted by Crippen LogP contribution is -2.31. The first-order valence-electron chi connectivity index (χ1n) is 8.43. The van der Waals surface area contributed by atoms with Crippen LogP contribution >= 0.6 is 15.9 Å². The number of carbonyl (C=O) groups is 1. The Hall–Kier alpha value is -1.70. The zero-order valence-corrected chi connectivity index (χ0v) is 17.5. The molecule has 0 bridgehead atoms. The molecule has 1 amide bonds. The third-order valence-electron chi connectivity index (χ3n) is 4.23. The zero-order chi connectivity index (χ0) is 19.3. The molecular formula is C19H23BrN2O3S. The predicted molar refractivity (Wildman–Crippen MR) is 107 cm³/mol. The summed E-state index contributed by atoms with van der Waals surface area (Å²) in [5, 5.41) is 2.86. The lowest BCUT2D eigenvalue weighted by atomic mass is 10.1. The van der Waals surface area contributed by atoms with E-state index in [9.17, 15) is 13.2 Å². The number of aryl methyl sites for hydroxylation is 1. The van der Waals surface area contributed by atoms with E-state index in [4.69, 9.17) is 0 Å². The van der Waals surface area contributed by atoms with Crippen LogP contribution in [0.5, 0.6) is 0 Å². The summed E-state index contributed by atoms with van der Waals surface area (Å²) in [6.45, 7) is 6.69. The first kappa shape index (κ1) is 20.6. The van der Waals surface area contributed by atoms with Gasteiger partial charge in [0.15, 0.2) is 0 Å². The highest BCUT2D eigenvalue weighted by atomic mass is 79.9. The maximum Gasteiger partial charge on any atom is 0.252 e. The van der Waals surface area contributed by atoms with Gasteiger partial charge in [0, 0.05) is 24.1 Å². The minimum atomic E-state index is -3.62. The summed E-state index contributed by atoms with van der Waals surface area (Å²) in [4.78, 5) is 12.7. The van der Waals surface area contributed by atoms with Crippen LogP contribution in [0.3, 0.4) is 0 Å². The first-order chi connectivity index (χ1) is 12.3. The van der Waals surface area contributed by atoms with Gasteiger partial charge in [-0.05, 0) is 52.2 Å². The summed E-state index contributed by atoms with van der Waals surface area (Å²) in [5.41, 5.74) is 2.40. The van der Waals surface area contributed by atoms with Crippen LogP contribution < -0.4 is 5.32 Å². The molecule has 140 valence electrons. The van der Waals surface area contributed by atoms with E-state index < -0.39 is 10.0 Å². The van der Waals surface area contributed by atoms with E-state index in [0.717, 1.165) is 11.1 Å². The maximum atomic E-state index is 12.7. The lowest BCUT2D eigenvalue weighted by molar-refractivity contribution is 0.0950. The molecule has 0 saturated carbocycles. The lowest BCUT2D eigenvalue weighted by Gasteiger charge is -2.19. The second-order valence-corrected chi connectivity index (χ2v) is 8.63. The van der Waals surface area contributed by atoms with E-state index in [-0.39, 0.29) is 10.8 Å². The number of hydrogen-bond acceptors (Lipinski definition) is 3. The Labute approximate surface area is 163 Å². The minimum absolute atomic E-state index is 0.116. The van der Waals surface area contributed by atoms with Crippen molar-refractivity contribution in [3.05, 3.63) is 63.6 Å². The van der Waals surface area contributed by atoms with Crippen molar-refractivity contribution in [1.29, 1.82) is 0 Å². The Morgan fingerprint density at radius 3 is 2.38 bits per heavy atom. The Bertz CT molecular complexity index is 893. The SMILES string of the molecule is CCN(CC)S(=O)(=O)c1ccc(Br)c(C(=O)NCc2ccccc2C)c1. The van der Waals surface area contributed by atoms with Crippen molar-refractivity contribution in [3.8, 4) is 0 Å². The quantitative estimate of drug-likeness (QED) is 0.715. The van der Waals surface area contributed by atoms with Crippen molar-refractivity contribution in [2.45, 2.75) is 32.2 Å². The Morgan fingerprint density at radius 1 is 1.12 bits per heavy atom. The molecule has 2 aromatic carbocycles. The third-order valence-corrected chi connectivity index (χ3v) is 6.96. The molecule has 7 heteroatoms. The second kappa shape index (κ2) is 8.79. The van der Waals surface area contributed by atoms with Crippen LogP contribution in [-0.2, 0) is 16.6 Å². The average Bonchev–Trinajstić information content (AvgIpc) is 2.61. The Kier molecular flexibility index (Phi) is 6.97. The normalized spacial score (nSPS) is 11.6. The summed E-state index contributed by atoms with van der Waals surface area (Å²) in [6, 6.07) is 12.3. The summed E-state index contributed by atoms with van der Waals surface area (Å²) >= 11 is 3.34. The number of nitrogens with one attached hydrogen (secondary N) is 1. The number of halogens is 1. The molecule has 5 nitrogen and oxygen atoms in total. The van der Waals surface area contributed by atoms with Crippen LogP contribution in [0, 0.1) is 6.92 Å². The summed E-state index contributed by atoms with van der Waals surface area (Å²) in [7, 11) is -3.62. The van der Waals surface area contributed by atoms with Crippen molar-refractivity contribution in [3.63, 3.8) is 0 Å². The van der Waals surface area contributed by atoms with Crippen molar-refractivity contribution in [2.75, 3.05) is 13.1 Å². The van der Waals surface area contributed by atoms with Gasteiger partial charge in [0.1, 0.15) is 0 Å². The molecule has 0 spiro atoms. The van der Waals surface area contributed by atoms with Crippen LogP contribution in [0.4, 0.5) is 0 Å². The molecule has 1 N–H and O–H groups in total. The van der Waals surface area contributed by atoms with Crippen molar-refractivity contribution in [1.82, 2.24) is 9.62 Å². The van der Waals surface area contributed by atoms with Crippen LogP contribution in [0.15, 0.2) is 51.8 Å². The zero-order valence-electron chi connectivity index (χ0n) is 15.1. The molecule has 26 heavy (non-hydrogen) atoms. The van der Waals surface area contributed by atoms with E-state index in [0.29, 0.717) is 29.7 Å². The fourth-order valence-corrected chi connectivity index (χ4v) is 4.54. The summed E-state index contributed by atoms with van der Waals surface area (Å²) in [6.07, 6.45) is 0. The van der Waals surface area contributed by atoms with Crippen LogP contribution in [0.25, 0.3) is 0 Å². The molecule has 0 aliphatic heterocycles. The van der Waals surface area contributed by atoms with Gasteiger partial charge in [-0.3, -0.25) is 4.79 Å². The number of sulfonamides is 1. The van der Waals surface area contributed by atoms with E-state index in [2.05, 4.69) is 21.2 Å². The van der Waals surface area contributed by atoms with Gasteiger partial charge in [-0.2, -0.15) is 4.31 Å². The molecule has 0 radical (unpaired) electrons. The molecule has 2 aromatic rings. The minimum Gasteiger partial charge on any atom is -0.348 e. The molecule has 0 fully saturated rings. The molecule has 0 heterocycles. The number of amides is 1. The average molecular weight is 439 g/mol. The Balaban J connectivity index is 2.26. The van der Waals surface area contributed by atoms with Crippen molar-refractivity contribution >= 4 is 31.9 Å². The van der Waals surface area contributed by atoms with Gasteiger partial charge >= 0.3 is 0 Å². The largest absolute Gasteiger partial charge is 0.348 e. The summed E-state index contributed by atoms with van der Waals surface area (Å²) < 4.78 is 27.3. The molecule has 0 aliphatic carbocycles. The van der Waals surface area contributed by atoms with Gasteiger partial charge in [-0.15, -0.1) is 0 Å². The standard InChI is InChI=1S/C19H23BrN2O3S/c1-4-22(5-2)26(24,25)16-10-11-18(20)17(12-16)19(23)21-13-15-9-7-6-8-14(15)3/h6-12H,4-5,13H2,1-3H3,(H,21,23). The smallest absolute Gasteiger partial charge is 0.252 e. The molecule has 2 rings (SSSR count).